The molecule has 1 fully saturated rings. The number of ether oxygens (including phenoxy) is 1. The van der Waals surface area contributed by atoms with Crippen molar-refractivity contribution in [2.45, 2.75) is 19.0 Å². The quantitative estimate of drug-likeness (QED) is 0.801. The van der Waals surface area contributed by atoms with Gasteiger partial charge in [-0.1, -0.05) is 36.4 Å². The minimum Gasteiger partial charge on any atom is -0.378 e. The van der Waals surface area contributed by atoms with Crippen LogP contribution in [0.25, 0.3) is 0 Å². The van der Waals surface area contributed by atoms with Crippen molar-refractivity contribution < 1.29 is 9.53 Å². The Morgan fingerprint density at radius 1 is 1.45 bits per heavy atom. The van der Waals surface area contributed by atoms with Crippen LogP contribution in [0.3, 0.4) is 0 Å². The molecule has 1 aromatic rings. The van der Waals surface area contributed by atoms with E-state index < -0.39 is 0 Å². The number of amides is 1. The number of hydrogen-bond donors (Lipinski definition) is 1. The van der Waals surface area contributed by atoms with Crippen molar-refractivity contribution in [3.8, 4) is 0 Å². The topological polar surface area (TPSA) is 41.6 Å². The number of carbonyl (C=O) groups is 1. The molecule has 1 atom stereocenters. The number of morpholine rings is 1. The molecule has 0 bridgehead atoms. The summed E-state index contributed by atoms with van der Waals surface area (Å²) in [5.41, 5.74) is 1.13. The fourth-order valence-corrected chi connectivity index (χ4v) is 2.30. The third-order valence-electron chi connectivity index (χ3n) is 3.34. The molecule has 4 nitrogen and oxygen atoms in total. The Morgan fingerprint density at radius 3 is 2.90 bits per heavy atom. The van der Waals surface area contributed by atoms with Gasteiger partial charge in [-0.3, -0.25) is 4.79 Å². The molecule has 1 aliphatic heterocycles. The van der Waals surface area contributed by atoms with E-state index in [4.69, 9.17) is 4.74 Å². The zero-order chi connectivity index (χ0) is 14.2. The summed E-state index contributed by atoms with van der Waals surface area (Å²) in [5.74, 6) is 0.136. The van der Waals surface area contributed by atoms with Crippen LogP contribution in [0.4, 0.5) is 0 Å². The molecule has 0 aromatic heterocycles. The van der Waals surface area contributed by atoms with Crippen molar-refractivity contribution in [1.29, 1.82) is 0 Å². The maximum absolute atomic E-state index is 12.4. The molecule has 1 aromatic carbocycles. The highest BCUT2D eigenvalue weighted by molar-refractivity contribution is 5.77. The highest BCUT2D eigenvalue weighted by Gasteiger charge is 2.20. The van der Waals surface area contributed by atoms with E-state index in [0.717, 1.165) is 18.7 Å². The zero-order valence-electron chi connectivity index (χ0n) is 11.8. The molecule has 0 aliphatic carbocycles. The Bertz CT molecular complexity index is 427. The highest BCUT2D eigenvalue weighted by atomic mass is 16.5. The second-order valence-electron chi connectivity index (χ2n) is 4.98. The average molecular weight is 274 g/mol. The first-order valence-electron chi connectivity index (χ1n) is 7.03. The van der Waals surface area contributed by atoms with Gasteiger partial charge in [-0.15, -0.1) is 6.58 Å². The van der Waals surface area contributed by atoms with E-state index in [1.54, 1.807) is 6.08 Å². The first-order valence-corrected chi connectivity index (χ1v) is 7.03. The molecule has 1 amide bonds. The molecule has 1 aliphatic rings. The summed E-state index contributed by atoms with van der Waals surface area (Å²) in [6.45, 7) is 7.09. The summed E-state index contributed by atoms with van der Waals surface area (Å²) >= 11 is 0. The maximum Gasteiger partial charge on any atom is 0.224 e. The number of carbonyl (C=O) groups excluding carboxylic acids is 1. The van der Waals surface area contributed by atoms with Crippen molar-refractivity contribution in [2.75, 3.05) is 26.3 Å². The number of rotatable bonds is 6. The van der Waals surface area contributed by atoms with Crippen molar-refractivity contribution in [3.63, 3.8) is 0 Å². The summed E-state index contributed by atoms with van der Waals surface area (Å²) in [4.78, 5) is 14.2. The van der Waals surface area contributed by atoms with Crippen LogP contribution in [-0.2, 0) is 16.1 Å². The maximum atomic E-state index is 12.4. The van der Waals surface area contributed by atoms with Gasteiger partial charge in [0.25, 0.3) is 0 Å². The number of nitrogens with zero attached hydrogens (tertiary/aromatic N) is 1. The number of hydrogen-bond acceptors (Lipinski definition) is 3. The van der Waals surface area contributed by atoms with Crippen LogP contribution in [0.5, 0.6) is 0 Å². The molecule has 0 radical (unpaired) electrons. The Morgan fingerprint density at radius 2 is 2.25 bits per heavy atom. The second kappa shape index (κ2) is 7.82. The van der Waals surface area contributed by atoms with Gasteiger partial charge < -0.3 is 15.0 Å². The predicted molar refractivity (Wildman–Crippen MR) is 79.3 cm³/mol. The van der Waals surface area contributed by atoms with E-state index in [1.807, 2.05) is 35.2 Å². The summed E-state index contributed by atoms with van der Waals surface area (Å²) in [7, 11) is 0. The van der Waals surface area contributed by atoms with Crippen LogP contribution in [0.2, 0.25) is 0 Å². The molecule has 0 spiro atoms. The minimum atomic E-state index is 0.124. The minimum absolute atomic E-state index is 0.124. The number of nitrogens with one attached hydrogen (secondary N) is 1. The van der Waals surface area contributed by atoms with Gasteiger partial charge in [0.2, 0.25) is 5.91 Å². The average Bonchev–Trinajstić information content (AvgIpc) is 2.49. The normalized spacial score (nSPS) is 18.5. The summed E-state index contributed by atoms with van der Waals surface area (Å²) < 4.78 is 5.39. The van der Waals surface area contributed by atoms with E-state index >= 15 is 0 Å². The van der Waals surface area contributed by atoms with Crippen molar-refractivity contribution in [2.24, 2.45) is 0 Å². The lowest BCUT2D eigenvalue weighted by molar-refractivity contribution is -0.132. The molecule has 108 valence electrons. The van der Waals surface area contributed by atoms with Gasteiger partial charge in [0, 0.05) is 32.1 Å². The van der Waals surface area contributed by atoms with Crippen LogP contribution >= 0.6 is 0 Å². The lowest BCUT2D eigenvalue weighted by Gasteiger charge is -2.27. The molecule has 4 heteroatoms. The van der Waals surface area contributed by atoms with E-state index in [9.17, 15) is 4.79 Å². The van der Waals surface area contributed by atoms with Gasteiger partial charge in [0.15, 0.2) is 0 Å². The summed E-state index contributed by atoms with van der Waals surface area (Å²) in [6, 6.07) is 10.1. The molecule has 1 N–H and O–H groups in total. The van der Waals surface area contributed by atoms with Crippen LogP contribution < -0.4 is 5.32 Å². The van der Waals surface area contributed by atoms with E-state index in [1.165, 1.54) is 0 Å². The lowest BCUT2D eigenvalue weighted by atomic mass is 10.1. The molecule has 0 saturated carbocycles. The van der Waals surface area contributed by atoms with Crippen molar-refractivity contribution in [1.82, 2.24) is 10.2 Å². The Labute approximate surface area is 120 Å². The molecule has 1 unspecified atom stereocenters. The van der Waals surface area contributed by atoms with Gasteiger partial charge in [-0.2, -0.15) is 0 Å². The first-order chi connectivity index (χ1) is 9.79. The van der Waals surface area contributed by atoms with Crippen LogP contribution in [0.1, 0.15) is 12.0 Å². The van der Waals surface area contributed by atoms with Crippen molar-refractivity contribution in [3.05, 3.63) is 48.6 Å². The van der Waals surface area contributed by atoms with Gasteiger partial charge in [-0.25, -0.2) is 0 Å². The fourth-order valence-electron chi connectivity index (χ4n) is 2.30. The van der Waals surface area contributed by atoms with Gasteiger partial charge in [0.1, 0.15) is 0 Å². The molecular formula is C16H22N2O2. The first kappa shape index (κ1) is 14.8. The van der Waals surface area contributed by atoms with Crippen LogP contribution in [0.15, 0.2) is 43.0 Å². The zero-order valence-corrected chi connectivity index (χ0v) is 11.8. The largest absolute Gasteiger partial charge is 0.378 e. The van der Waals surface area contributed by atoms with Crippen LogP contribution in [0, 0.1) is 0 Å². The Hall–Kier alpha value is -1.65. The van der Waals surface area contributed by atoms with E-state index in [2.05, 4.69) is 11.9 Å². The molecule has 20 heavy (non-hydrogen) atoms. The fraction of sp³-hybridized carbons (Fsp3) is 0.438. The standard InChI is InChI=1S/C16H22N2O2/c1-2-9-18(12-14-6-4-3-5-7-14)16(19)11-15-13-20-10-8-17-15/h2-7,15,17H,1,8-13H2. The summed E-state index contributed by atoms with van der Waals surface area (Å²) in [6.07, 6.45) is 2.24. The third-order valence-corrected chi connectivity index (χ3v) is 3.34. The molecule has 1 heterocycles. The van der Waals surface area contributed by atoms with Crippen molar-refractivity contribution >= 4 is 5.91 Å². The third kappa shape index (κ3) is 4.47. The smallest absolute Gasteiger partial charge is 0.224 e. The lowest BCUT2D eigenvalue weighted by Crippen LogP contribution is -2.45. The van der Waals surface area contributed by atoms with Gasteiger partial charge in [-0.05, 0) is 5.56 Å². The Balaban J connectivity index is 1.92. The monoisotopic (exact) mass is 274 g/mol. The van der Waals surface area contributed by atoms with E-state index in [-0.39, 0.29) is 11.9 Å². The molecular weight excluding hydrogens is 252 g/mol. The van der Waals surface area contributed by atoms with Crippen LogP contribution in [-0.4, -0.2) is 43.2 Å². The van der Waals surface area contributed by atoms with Gasteiger partial charge in [0.05, 0.1) is 13.2 Å². The SMILES string of the molecule is C=CCN(Cc1ccccc1)C(=O)CC1COCCN1. The van der Waals surface area contributed by atoms with Gasteiger partial charge >= 0.3 is 0 Å². The highest BCUT2D eigenvalue weighted by Crippen LogP contribution is 2.08. The Kier molecular flexibility index (Phi) is 5.77. The predicted octanol–water partition coefficient (Wildman–Crippen LogP) is 1.58. The molecule has 1 saturated heterocycles. The second-order valence-corrected chi connectivity index (χ2v) is 4.98. The summed E-state index contributed by atoms with van der Waals surface area (Å²) in [5, 5.41) is 3.31. The number of benzene rings is 1. The molecule has 2 rings (SSSR count). The van der Waals surface area contributed by atoms with E-state index in [0.29, 0.717) is 26.1 Å².